The summed E-state index contributed by atoms with van der Waals surface area (Å²) in [5, 5.41) is 8.72. The molecule has 2 heterocycles. The van der Waals surface area contributed by atoms with Crippen LogP contribution in [-0.4, -0.2) is 15.7 Å². The summed E-state index contributed by atoms with van der Waals surface area (Å²) >= 11 is 1.58. The number of aromatic nitrogens is 2. The number of rotatable bonds is 5. The molecule has 0 radical (unpaired) electrons. The van der Waals surface area contributed by atoms with Crippen LogP contribution in [0.4, 0.5) is 13.2 Å². The van der Waals surface area contributed by atoms with Gasteiger partial charge in [0.1, 0.15) is 0 Å². The fraction of sp³-hybridized carbons (Fsp3) is 0.333. The lowest BCUT2D eigenvalue weighted by atomic mass is 9.95. The van der Waals surface area contributed by atoms with Gasteiger partial charge in [0.2, 0.25) is 5.91 Å². The van der Waals surface area contributed by atoms with Crippen molar-refractivity contribution in [1.82, 2.24) is 15.1 Å². The lowest BCUT2D eigenvalue weighted by molar-refractivity contribution is -0.142. The minimum Gasteiger partial charge on any atom is -0.351 e. The van der Waals surface area contributed by atoms with E-state index in [0.717, 1.165) is 23.3 Å². The highest BCUT2D eigenvalue weighted by atomic mass is 32.1. The van der Waals surface area contributed by atoms with Gasteiger partial charge in [0.15, 0.2) is 5.69 Å². The molecule has 0 spiro atoms. The Balaban J connectivity index is 1.49. The van der Waals surface area contributed by atoms with Crippen molar-refractivity contribution in [3.63, 3.8) is 0 Å². The van der Waals surface area contributed by atoms with E-state index in [1.54, 1.807) is 35.6 Å². The summed E-state index contributed by atoms with van der Waals surface area (Å²) in [5.41, 5.74) is 1.57. The molecule has 1 aromatic carbocycles. The topological polar surface area (TPSA) is 46.9 Å². The molecule has 0 atom stereocenters. The highest BCUT2D eigenvalue weighted by molar-refractivity contribution is 7.09. The maximum absolute atomic E-state index is 13.4. The lowest BCUT2D eigenvalue weighted by Gasteiger charge is -2.15. The predicted octanol–water partition coefficient (Wildman–Crippen LogP) is 4.69. The first-order valence-corrected chi connectivity index (χ1v) is 10.4. The van der Waals surface area contributed by atoms with E-state index in [1.807, 2.05) is 17.5 Å². The number of carbonyl (C=O) groups is 1. The first kappa shape index (κ1) is 19.7. The number of benzene rings is 1. The Bertz CT molecular complexity index is 992. The van der Waals surface area contributed by atoms with Gasteiger partial charge in [0.25, 0.3) is 0 Å². The Morgan fingerprint density at radius 1 is 1.14 bits per heavy atom. The summed E-state index contributed by atoms with van der Waals surface area (Å²) in [6, 6.07) is 10.9. The lowest BCUT2D eigenvalue weighted by Crippen LogP contribution is -2.24. The zero-order valence-electron chi connectivity index (χ0n) is 15.6. The van der Waals surface area contributed by atoms with Crippen molar-refractivity contribution < 1.29 is 18.0 Å². The normalized spacial score (nSPS) is 13.9. The van der Waals surface area contributed by atoms with Crippen LogP contribution in [0.5, 0.6) is 0 Å². The zero-order chi connectivity index (χ0) is 20.4. The maximum atomic E-state index is 13.4. The number of nitrogens with one attached hydrogen (secondary N) is 1. The van der Waals surface area contributed by atoms with Crippen LogP contribution in [0.15, 0.2) is 41.8 Å². The van der Waals surface area contributed by atoms with Gasteiger partial charge in [0.05, 0.1) is 18.7 Å². The number of carbonyl (C=O) groups excluding carboxylic acids is 1. The molecule has 29 heavy (non-hydrogen) atoms. The first-order valence-electron chi connectivity index (χ1n) is 9.48. The summed E-state index contributed by atoms with van der Waals surface area (Å²) in [7, 11) is 0. The molecule has 0 saturated carbocycles. The van der Waals surface area contributed by atoms with E-state index < -0.39 is 11.9 Å². The van der Waals surface area contributed by atoms with Gasteiger partial charge >= 0.3 is 6.18 Å². The minimum absolute atomic E-state index is 0.0954. The number of alkyl halides is 3. The molecule has 8 heteroatoms. The Labute approximate surface area is 170 Å². The molecule has 0 saturated heterocycles. The number of thiophene rings is 1. The molecule has 2 aromatic heterocycles. The number of halogens is 3. The van der Waals surface area contributed by atoms with Crippen LogP contribution in [0.1, 0.15) is 40.2 Å². The van der Waals surface area contributed by atoms with Crippen molar-refractivity contribution in [1.29, 1.82) is 0 Å². The molecule has 0 aliphatic heterocycles. The van der Waals surface area contributed by atoms with E-state index in [1.165, 1.54) is 4.68 Å². The van der Waals surface area contributed by atoms with Crippen molar-refractivity contribution >= 4 is 17.2 Å². The zero-order valence-corrected chi connectivity index (χ0v) is 16.4. The van der Waals surface area contributed by atoms with Gasteiger partial charge in [-0.2, -0.15) is 18.3 Å². The molecule has 0 unspecified atom stereocenters. The third-order valence-electron chi connectivity index (χ3n) is 5.03. The van der Waals surface area contributed by atoms with Crippen LogP contribution < -0.4 is 5.32 Å². The van der Waals surface area contributed by atoms with Crippen molar-refractivity contribution in [3.8, 4) is 5.69 Å². The number of fused-ring (bicyclic) bond motifs is 1. The van der Waals surface area contributed by atoms with Gasteiger partial charge in [-0.05, 0) is 54.8 Å². The van der Waals surface area contributed by atoms with Gasteiger partial charge in [-0.25, -0.2) is 4.68 Å². The van der Waals surface area contributed by atoms with Gasteiger partial charge in [0, 0.05) is 16.1 Å². The van der Waals surface area contributed by atoms with Crippen LogP contribution in [0, 0.1) is 0 Å². The molecular formula is C21H20F3N3OS. The quantitative estimate of drug-likeness (QED) is 0.652. The summed E-state index contributed by atoms with van der Waals surface area (Å²) in [6.45, 7) is 0.494. The van der Waals surface area contributed by atoms with E-state index >= 15 is 0 Å². The third-order valence-corrected chi connectivity index (χ3v) is 5.91. The van der Waals surface area contributed by atoms with Crippen LogP contribution in [0.25, 0.3) is 5.69 Å². The molecule has 4 rings (SSSR count). The predicted molar refractivity (Wildman–Crippen MR) is 105 cm³/mol. The molecule has 1 aliphatic rings. The van der Waals surface area contributed by atoms with Crippen molar-refractivity contribution in [3.05, 3.63) is 69.2 Å². The Kier molecular flexibility index (Phi) is 5.45. The molecule has 0 fully saturated rings. The van der Waals surface area contributed by atoms with E-state index in [9.17, 15) is 18.0 Å². The number of hydrogen-bond acceptors (Lipinski definition) is 3. The Morgan fingerprint density at radius 3 is 2.59 bits per heavy atom. The van der Waals surface area contributed by atoms with Gasteiger partial charge in [-0.3, -0.25) is 4.79 Å². The highest BCUT2D eigenvalue weighted by Gasteiger charge is 2.39. The second-order valence-corrected chi connectivity index (χ2v) is 8.12. The first-order chi connectivity index (χ1) is 13.9. The summed E-state index contributed by atoms with van der Waals surface area (Å²) in [5.74, 6) is -0.0954. The summed E-state index contributed by atoms with van der Waals surface area (Å²) in [6.07, 6.45) is -1.62. The van der Waals surface area contributed by atoms with Crippen molar-refractivity contribution in [2.45, 2.75) is 44.8 Å². The van der Waals surface area contributed by atoms with Crippen molar-refractivity contribution in [2.75, 3.05) is 0 Å². The molecule has 1 aliphatic carbocycles. The summed E-state index contributed by atoms with van der Waals surface area (Å²) < 4.78 is 41.5. The molecule has 1 amide bonds. The second kappa shape index (κ2) is 8.02. The van der Waals surface area contributed by atoms with E-state index in [-0.39, 0.29) is 12.3 Å². The maximum Gasteiger partial charge on any atom is 0.435 e. The van der Waals surface area contributed by atoms with E-state index in [2.05, 4.69) is 10.4 Å². The van der Waals surface area contributed by atoms with E-state index in [4.69, 9.17) is 0 Å². The minimum atomic E-state index is -4.45. The third kappa shape index (κ3) is 4.37. The average molecular weight is 419 g/mol. The standard InChI is InChI=1S/C21H20F3N3OS/c22-21(23,24)20-17-5-1-2-6-18(17)27(26-20)15-9-7-14(8-10-15)12-19(28)25-13-16-4-3-11-29-16/h3-4,7-11H,1-2,5-6,12-13H2,(H,25,28). The highest BCUT2D eigenvalue weighted by Crippen LogP contribution is 2.36. The van der Waals surface area contributed by atoms with Crippen molar-refractivity contribution in [2.24, 2.45) is 0 Å². The van der Waals surface area contributed by atoms with Crippen LogP contribution in [0.2, 0.25) is 0 Å². The van der Waals surface area contributed by atoms with Crippen LogP contribution in [-0.2, 0) is 36.8 Å². The largest absolute Gasteiger partial charge is 0.435 e. The fourth-order valence-electron chi connectivity index (χ4n) is 3.64. The fourth-order valence-corrected chi connectivity index (χ4v) is 4.29. The molecular weight excluding hydrogens is 399 g/mol. The number of amides is 1. The summed E-state index contributed by atoms with van der Waals surface area (Å²) in [4.78, 5) is 13.2. The molecule has 0 bridgehead atoms. The van der Waals surface area contributed by atoms with Gasteiger partial charge < -0.3 is 5.32 Å². The number of hydrogen-bond donors (Lipinski definition) is 1. The second-order valence-electron chi connectivity index (χ2n) is 7.09. The monoisotopic (exact) mass is 419 g/mol. The van der Waals surface area contributed by atoms with E-state index in [0.29, 0.717) is 36.3 Å². The SMILES string of the molecule is O=C(Cc1ccc(-n2nc(C(F)(F)F)c3c2CCCC3)cc1)NCc1cccs1. The molecule has 4 nitrogen and oxygen atoms in total. The average Bonchev–Trinajstić information content (AvgIpc) is 3.34. The molecule has 3 aromatic rings. The van der Waals surface area contributed by atoms with Gasteiger partial charge in [-0.1, -0.05) is 18.2 Å². The number of nitrogens with zero attached hydrogens (tertiary/aromatic N) is 2. The molecule has 152 valence electrons. The van der Waals surface area contributed by atoms with Crippen LogP contribution >= 0.6 is 11.3 Å². The molecule has 1 N–H and O–H groups in total. The smallest absolute Gasteiger partial charge is 0.351 e. The Hall–Kier alpha value is -2.61. The van der Waals surface area contributed by atoms with Crippen LogP contribution in [0.3, 0.4) is 0 Å². The van der Waals surface area contributed by atoms with Gasteiger partial charge in [-0.15, -0.1) is 11.3 Å². The Morgan fingerprint density at radius 2 is 1.90 bits per heavy atom.